The SMILES string of the molecule is CC(C)C[C@@H](NC(=O)OC(C)(C)C)C(=O)NCCO.CC(C)C[C@@H](NC(=O)OC(C)(C)C)C(=O)N[C@@H](C)COc1cc(C(F)(F)F)cc(C(F)(F)F)c1.CC(C)C[C@@H](NC(=O)OC(C)(C)C)C(=O)O.C[C@H](N)CO.Oc1cc(C(F)(F)F)cc(C(F)(F)F)c1. The number of phenolic OH excluding ortho intramolecular Hbond substituents is 1. The molecular formula is C57H90F12N6O14. The van der Waals surface area contributed by atoms with Gasteiger partial charge in [-0.25, -0.2) is 19.2 Å². The topological polar surface area (TPSA) is 306 Å². The van der Waals surface area contributed by atoms with Crippen molar-refractivity contribution in [2.24, 2.45) is 23.5 Å². The number of carboxylic acids is 1. The Labute approximate surface area is 511 Å². The van der Waals surface area contributed by atoms with Gasteiger partial charge >= 0.3 is 49.0 Å². The van der Waals surface area contributed by atoms with Crippen LogP contribution in [0.2, 0.25) is 0 Å². The summed E-state index contributed by atoms with van der Waals surface area (Å²) < 4.78 is 171. The first-order valence-corrected chi connectivity index (χ1v) is 27.6. The highest BCUT2D eigenvalue weighted by molar-refractivity contribution is 5.86. The number of nitrogens with two attached hydrogens (primary N) is 1. The fourth-order valence-electron chi connectivity index (χ4n) is 6.31. The molecule has 0 heterocycles. The molecule has 0 aliphatic carbocycles. The first-order chi connectivity index (χ1) is 39.9. The molecule has 5 amide bonds. The number of amides is 5. The largest absolute Gasteiger partial charge is 0.508 e. The molecule has 0 aliphatic heterocycles. The van der Waals surface area contributed by atoms with Crippen molar-refractivity contribution in [3.63, 3.8) is 0 Å². The van der Waals surface area contributed by atoms with Crippen LogP contribution in [0.25, 0.3) is 0 Å². The number of benzene rings is 2. The van der Waals surface area contributed by atoms with E-state index in [1.165, 1.54) is 6.92 Å². The lowest BCUT2D eigenvalue weighted by molar-refractivity contribution is -0.144. The molecular weight excluding hydrogens is 1220 g/mol. The van der Waals surface area contributed by atoms with E-state index in [0.717, 1.165) is 0 Å². The number of ether oxygens (including phenoxy) is 4. The van der Waals surface area contributed by atoms with E-state index in [0.29, 0.717) is 25.0 Å². The molecule has 0 aromatic heterocycles. The summed E-state index contributed by atoms with van der Waals surface area (Å²) in [5, 5.41) is 46.8. The summed E-state index contributed by atoms with van der Waals surface area (Å²) in [7, 11) is 0. The maximum atomic E-state index is 13.0. The van der Waals surface area contributed by atoms with Crippen molar-refractivity contribution in [3.05, 3.63) is 58.7 Å². The Morgan fingerprint density at radius 3 is 1.04 bits per heavy atom. The average molecular weight is 1310 g/mol. The summed E-state index contributed by atoms with van der Waals surface area (Å²) >= 11 is 0. The Morgan fingerprint density at radius 1 is 0.483 bits per heavy atom. The summed E-state index contributed by atoms with van der Waals surface area (Å²) in [5.74, 6) is -3.21. The minimum Gasteiger partial charge on any atom is -0.508 e. The van der Waals surface area contributed by atoms with Crippen molar-refractivity contribution < 1.29 is 121 Å². The van der Waals surface area contributed by atoms with Gasteiger partial charge in [-0.15, -0.1) is 0 Å². The van der Waals surface area contributed by atoms with Gasteiger partial charge in [-0.05, 0) is 150 Å². The molecule has 516 valence electrons. The molecule has 11 N–H and O–H groups in total. The highest BCUT2D eigenvalue weighted by atomic mass is 19.4. The molecule has 20 nitrogen and oxygen atoms in total. The van der Waals surface area contributed by atoms with Crippen LogP contribution in [0.15, 0.2) is 36.4 Å². The van der Waals surface area contributed by atoms with Gasteiger partial charge in [0.1, 0.15) is 53.0 Å². The number of nitrogens with one attached hydrogen (secondary N) is 5. The number of carbonyl (C=O) groups is 6. The van der Waals surface area contributed by atoms with Crippen LogP contribution in [0, 0.1) is 17.8 Å². The van der Waals surface area contributed by atoms with E-state index in [2.05, 4.69) is 26.6 Å². The number of hydrogen-bond donors (Lipinski definition) is 10. The number of aliphatic hydroxyl groups excluding tert-OH is 2. The number of aliphatic carboxylic acids is 1. The van der Waals surface area contributed by atoms with Gasteiger partial charge < -0.3 is 71.7 Å². The van der Waals surface area contributed by atoms with Crippen LogP contribution in [-0.2, 0) is 53.3 Å². The van der Waals surface area contributed by atoms with E-state index in [-0.39, 0.29) is 80.1 Å². The van der Waals surface area contributed by atoms with Crippen molar-refractivity contribution in [1.82, 2.24) is 26.6 Å². The standard InChI is InChI=1S/C22H30F6N2O4.C13H26N2O4.C11H21NO4.C8H4F6O.C3H9NO/c1-12(2)7-17(30-19(32)34-20(4,5)6)18(31)29-13(3)11-33-16-9-14(21(23,24)25)8-15(10-16)22(26,27)28;1-9(2)8-10(11(17)14-6-7-16)15-12(18)19-13(3,4)5;1-7(2)6-8(9(13)14)12-10(15)16-11(3,4)5;9-7(10,11)4-1-5(8(12,13)14)3-6(15)2-4;1-3(4)2-5/h8-10,12-13,17H,7,11H2,1-6H3,(H,29,31)(H,30,32);9-10,16H,6-8H2,1-5H3,(H,14,17)(H,15,18);7-8H,6H2,1-5H3,(H,12,15)(H,13,14);1-3,15H;3,5H,2,4H2,1H3/t13-,17+;10-;8-;;3-/m011.0/s1. The molecule has 0 aliphatic rings. The van der Waals surface area contributed by atoms with E-state index in [1.807, 2.05) is 41.5 Å². The van der Waals surface area contributed by atoms with E-state index in [9.17, 15) is 81.5 Å². The quantitative estimate of drug-likeness (QED) is 0.0462. The number of phenols is 1. The van der Waals surface area contributed by atoms with Crippen LogP contribution in [0.3, 0.4) is 0 Å². The number of aromatic hydroxyl groups is 1. The summed E-state index contributed by atoms with van der Waals surface area (Å²) in [6, 6.07) is -2.06. The van der Waals surface area contributed by atoms with Crippen molar-refractivity contribution >= 4 is 36.1 Å². The summed E-state index contributed by atoms with van der Waals surface area (Å²) in [6.45, 7) is 29.7. The lowest BCUT2D eigenvalue weighted by Gasteiger charge is -2.25. The summed E-state index contributed by atoms with van der Waals surface area (Å²) in [6.07, 6.45) is -20.8. The molecule has 89 heavy (non-hydrogen) atoms. The third kappa shape index (κ3) is 44.4. The number of alkyl carbamates (subject to hydrolysis) is 3. The zero-order valence-electron chi connectivity index (χ0n) is 53.0. The zero-order valence-corrected chi connectivity index (χ0v) is 53.0. The fraction of sp³-hybridized carbons (Fsp3) is 0.684. The van der Waals surface area contributed by atoms with Crippen LogP contribution >= 0.6 is 0 Å². The number of halogens is 12. The average Bonchev–Trinajstić information content (AvgIpc) is 3.44. The lowest BCUT2D eigenvalue weighted by Crippen LogP contribution is -2.51. The molecule has 0 saturated carbocycles. The van der Waals surface area contributed by atoms with Crippen molar-refractivity contribution in [3.8, 4) is 11.5 Å². The van der Waals surface area contributed by atoms with E-state index in [1.54, 1.807) is 69.2 Å². The molecule has 5 atom stereocenters. The molecule has 0 unspecified atom stereocenters. The first-order valence-electron chi connectivity index (χ1n) is 27.6. The predicted molar refractivity (Wildman–Crippen MR) is 304 cm³/mol. The number of alkyl halides is 12. The first kappa shape index (κ1) is 86.5. The molecule has 2 rings (SSSR count). The predicted octanol–water partition coefficient (Wildman–Crippen LogP) is 11.3. The lowest BCUT2D eigenvalue weighted by atomic mass is 10.0. The summed E-state index contributed by atoms with van der Waals surface area (Å²) in [4.78, 5) is 70.4. The Hall–Kier alpha value is -6.70. The maximum Gasteiger partial charge on any atom is 0.416 e. The molecule has 2 aromatic carbocycles. The molecule has 32 heteroatoms. The van der Waals surface area contributed by atoms with Crippen LogP contribution in [-0.4, -0.2) is 130 Å². The van der Waals surface area contributed by atoms with Gasteiger partial charge in [-0.3, -0.25) is 9.59 Å². The third-order valence-corrected chi connectivity index (χ3v) is 9.85. The minimum absolute atomic E-state index is 0.00306. The van der Waals surface area contributed by atoms with E-state index in [4.69, 9.17) is 45.1 Å². The zero-order chi connectivity index (χ0) is 70.6. The second-order valence-electron chi connectivity index (χ2n) is 24.2. The number of carbonyl (C=O) groups excluding carboxylic acids is 5. The number of hydrogen-bond acceptors (Lipinski definition) is 14. The smallest absolute Gasteiger partial charge is 0.416 e. The highest BCUT2D eigenvalue weighted by Crippen LogP contribution is 2.39. The number of rotatable bonds is 19. The molecule has 0 bridgehead atoms. The van der Waals surface area contributed by atoms with Crippen molar-refractivity contribution in [2.75, 3.05) is 26.4 Å². The second kappa shape index (κ2) is 38.1. The van der Waals surface area contributed by atoms with Gasteiger partial charge in [0.15, 0.2) is 0 Å². The van der Waals surface area contributed by atoms with E-state index < -0.39 is 136 Å². The van der Waals surface area contributed by atoms with Gasteiger partial charge in [-0.2, -0.15) is 52.7 Å². The molecule has 0 radical (unpaired) electrons. The summed E-state index contributed by atoms with van der Waals surface area (Å²) in [5.41, 5.74) is -3.05. The van der Waals surface area contributed by atoms with Crippen molar-refractivity contribution in [1.29, 1.82) is 0 Å². The Bertz CT molecular complexity index is 2410. The van der Waals surface area contributed by atoms with Crippen LogP contribution in [0.1, 0.15) is 159 Å². The van der Waals surface area contributed by atoms with Crippen LogP contribution < -0.4 is 37.1 Å². The Balaban J connectivity index is -0.00000114. The van der Waals surface area contributed by atoms with Gasteiger partial charge in [0, 0.05) is 12.6 Å². The third-order valence-electron chi connectivity index (χ3n) is 9.85. The van der Waals surface area contributed by atoms with Crippen LogP contribution in [0.5, 0.6) is 11.5 Å². The molecule has 0 fully saturated rings. The van der Waals surface area contributed by atoms with Gasteiger partial charge in [0.25, 0.3) is 0 Å². The maximum absolute atomic E-state index is 13.0. The van der Waals surface area contributed by atoms with E-state index >= 15 is 0 Å². The fourth-order valence-corrected chi connectivity index (χ4v) is 6.31. The Morgan fingerprint density at radius 2 is 0.775 bits per heavy atom. The monoisotopic (exact) mass is 1310 g/mol. The van der Waals surface area contributed by atoms with Crippen molar-refractivity contribution in [2.45, 2.75) is 209 Å². The number of aliphatic hydroxyl groups is 2. The Kier molecular flexibility index (Phi) is 37.0. The molecule has 0 saturated heterocycles. The minimum atomic E-state index is -5.00. The second-order valence-corrected chi connectivity index (χ2v) is 24.2. The molecule has 0 spiro atoms. The van der Waals surface area contributed by atoms with Gasteiger partial charge in [0.2, 0.25) is 11.8 Å². The van der Waals surface area contributed by atoms with Gasteiger partial charge in [-0.1, -0.05) is 41.5 Å². The highest BCUT2D eigenvalue weighted by Gasteiger charge is 2.39. The van der Waals surface area contributed by atoms with Crippen LogP contribution in [0.4, 0.5) is 67.1 Å². The number of carboxylic acid groups (broad SMARTS) is 1. The normalized spacial score (nSPS) is 13.7. The van der Waals surface area contributed by atoms with Gasteiger partial charge in [0.05, 0.1) is 41.5 Å². The molecule has 2 aromatic rings.